The Balaban J connectivity index is 0. The second-order valence-electron chi connectivity index (χ2n) is 1.61. The van der Waals surface area contributed by atoms with Gasteiger partial charge in [0, 0.05) is 0 Å². The Morgan fingerprint density at radius 2 is 1.38 bits per heavy atom. The minimum absolute atomic E-state index is 0.815. The molecule has 1 radical (unpaired) electrons. The van der Waals surface area contributed by atoms with Gasteiger partial charge in [0.05, 0.1) is 0 Å². The van der Waals surface area contributed by atoms with Crippen molar-refractivity contribution < 1.29 is 0 Å². The van der Waals surface area contributed by atoms with Crippen LogP contribution in [0.15, 0.2) is 0 Å². The topological polar surface area (TPSA) is 12.0 Å². The van der Waals surface area contributed by atoms with Crippen molar-refractivity contribution in [3.63, 3.8) is 0 Å². The lowest BCUT2D eigenvalue weighted by Gasteiger charge is -1.74. The predicted octanol–water partition coefficient (Wildman–Crippen LogP) is 1.40. The summed E-state index contributed by atoms with van der Waals surface area (Å²) in [4.78, 5) is 0. The van der Waals surface area contributed by atoms with E-state index in [1.807, 2.05) is 14.1 Å². The van der Waals surface area contributed by atoms with Crippen LogP contribution in [0.25, 0.3) is 0 Å². The van der Waals surface area contributed by atoms with Gasteiger partial charge in [-0.3, -0.25) is 0 Å². The van der Waals surface area contributed by atoms with Gasteiger partial charge in [-0.05, 0) is 14.1 Å². The monoisotopic (exact) mass is 130 g/mol. The van der Waals surface area contributed by atoms with Crippen LogP contribution in [0.1, 0.15) is 13.8 Å². The van der Waals surface area contributed by atoms with E-state index in [-0.39, 0.29) is 0 Å². The Morgan fingerprint density at radius 1 is 1.12 bits per heavy atom. The third-order valence-electron chi connectivity index (χ3n) is 0.577. The Hall–Kier alpha value is 0.492. The first-order valence-corrected chi connectivity index (χ1v) is 4.86. The van der Waals surface area contributed by atoms with Crippen LogP contribution in [0, 0.1) is 0 Å². The molecule has 0 aliphatic rings. The van der Waals surface area contributed by atoms with Gasteiger partial charge < -0.3 is 5.32 Å². The molecule has 0 fully saturated rings. The first-order valence-electron chi connectivity index (χ1n) is 3.23. The van der Waals surface area contributed by atoms with E-state index in [4.69, 9.17) is 0 Å². The van der Waals surface area contributed by atoms with Gasteiger partial charge in [0.25, 0.3) is 0 Å². The summed E-state index contributed by atoms with van der Waals surface area (Å²) in [7, 11) is 3.75. The lowest BCUT2D eigenvalue weighted by Crippen LogP contribution is -1.89. The molecule has 1 N–H and O–H groups in total. The second kappa shape index (κ2) is 15.6. The van der Waals surface area contributed by atoms with E-state index in [9.17, 15) is 0 Å². The molecule has 8 heavy (non-hydrogen) atoms. The van der Waals surface area contributed by atoms with E-state index in [1.54, 1.807) is 0 Å². The van der Waals surface area contributed by atoms with Crippen LogP contribution in [-0.4, -0.2) is 29.3 Å². The normalized spacial score (nSPS) is 7.00. The van der Waals surface area contributed by atoms with Crippen molar-refractivity contribution in [1.29, 1.82) is 0 Å². The molecule has 0 aliphatic carbocycles. The maximum atomic E-state index is 2.75. The summed E-state index contributed by atoms with van der Waals surface area (Å²) >= 11 is 0.815. The Morgan fingerprint density at radius 3 is 1.38 bits per heavy atom. The van der Waals surface area contributed by atoms with Gasteiger partial charge in [0.15, 0.2) is 15.2 Å². The van der Waals surface area contributed by atoms with Gasteiger partial charge >= 0.3 is 0 Å². The highest BCUT2D eigenvalue weighted by Gasteiger charge is 1.74. The SMILES string of the molecule is CNC.C[CH2][Al][CH2]C. The lowest BCUT2D eigenvalue weighted by atomic mass is 10.9. The zero-order chi connectivity index (χ0) is 6.83. The standard InChI is InChI=1S/C2H7N.2C2H5.Al/c1-3-2;2*1-2;/h3H,1-2H3;2*1H2,2H3;. The van der Waals surface area contributed by atoms with Crippen LogP contribution in [-0.2, 0) is 0 Å². The lowest BCUT2D eigenvalue weighted by molar-refractivity contribution is 1.02. The number of hydrogen-bond acceptors (Lipinski definition) is 1. The zero-order valence-corrected chi connectivity index (χ0v) is 7.65. The Labute approximate surface area is 59.6 Å². The molecule has 0 heterocycles. The molecule has 2 heteroatoms. The van der Waals surface area contributed by atoms with E-state index >= 15 is 0 Å². The second-order valence-corrected chi connectivity index (χ2v) is 3.82. The Kier molecular flexibility index (Phi) is 22.1. The van der Waals surface area contributed by atoms with Crippen LogP contribution in [0.4, 0.5) is 0 Å². The third-order valence-corrected chi connectivity index (χ3v) is 1.73. The van der Waals surface area contributed by atoms with Gasteiger partial charge in [-0.25, -0.2) is 0 Å². The molecule has 0 aromatic heterocycles. The molecule has 0 rings (SSSR count). The maximum Gasteiger partial charge on any atom is 0.198 e. The van der Waals surface area contributed by atoms with E-state index in [0.29, 0.717) is 0 Å². The Bertz CT molecular complexity index is 22.5. The van der Waals surface area contributed by atoms with Crippen LogP contribution in [0.5, 0.6) is 0 Å². The maximum absolute atomic E-state index is 2.75. The number of hydrogen-bond donors (Lipinski definition) is 1. The average molecular weight is 130 g/mol. The molecular formula is C6H17AlN. The van der Waals surface area contributed by atoms with E-state index < -0.39 is 0 Å². The third kappa shape index (κ3) is 31.5. The molecule has 0 aliphatic heterocycles. The molecule has 0 saturated heterocycles. The van der Waals surface area contributed by atoms with Gasteiger partial charge in [-0.2, -0.15) is 0 Å². The van der Waals surface area contributed by atoms with Crippen LogP contribution < -0.4 is 5.32 Å². The predicted molar refractivity (Wildman–Crippen MR) is 41.7 cm³/mol. The number of rotatable bonds is 2. The fourth-order valence-electron chi connectivity index (χ4n) is 0.289. The smallest absolute Gasteiger partial charge is 0.198 e. The van der Waals surface area contributed by atoms with Crippen molar-refractivity contribution in [1.82, 2.24) is 5.32 Å². The highest BCUT2D eigenvalue weighted by Crippen LogP contribution is 1.77. The first-order chi connectivity index (χ1) is 3.83. The molecular weight excluding hydrogens is 113 g/mol. The molecule has 0 amide bonds. The van der Waals surface area contributed by atoms with Gasteiger partial charge in [-0.1, -0.05) is 13.8 Å². The van der Waals surface area contributed by atoms with E-state index in [1.165, 1.54) is 10.6 Å². The van der Waals surface area contributed by atoms with Gasteiger partial charge in [0.1, 0.15) is 0 Å². The van der Waals surface area contributed by atoms with Crippen molar-refractivity contribution in [2.75, 3.05) is 14.1 Å². The molecule has 1 nitrogen and oxygen atoms in total. The van der Waals surface area contributed by atoms with Gasteiger partial charge in [-0.15, -0.1) is 10.6 Å². The molecule has 0 spiro atoms. The van der Waals surface area contributed by atoms with Crippen molar-refractivity contribution in [2.45, 2.75) is 24.4 Å². The van der Waals surface area contributed by atoms with E-state index in [2.05, 4.69) is 19.2 Å². The fraction of sp³-hybridized carbons (Fsp3) is 1.00. The van der Waals surface area contributed by atoms with Crippen molar-refractivity contribution >= 4 is 15.2 Å². The van der Waals surface area contributed by atoms with Crippen LogP contribution >= 0.6 is 0 Å². The first kappa shape index (κ1) is 11.3. The average Bonchev–Trinajstić information content (AvgIpc) is 1.71. The summed E-state index contributed by atoms with van der Waals surface area (Å²) in [6, 6.07) is 0. The summed E-state index contributed by atoms with van der Waals surface area (Å²) in [6.07, 6.45) is 0. The molecule has 49 valence electrons. The van der Waals surface area contributed by atoms with Gasteiger partial charge in [0.2, 0.25) is 0 Å². The molecule has 0 aromatic carbocycles. The minimum atomic E-state index is 0.815. The van der Waals surface area contributed by atoms with E-state index in [0.717, 1.165) is 15.2 Å². The molecule has 0 atom stereocenters. The van der Waals surface area contributed by atoms with Crippen molar-refractivity contribution in [3.05, 3.63) is 0 Å². The molecule has 0 unspecified atom stereocenters. The summed E-state index contributed by atoms with van der Waals surface area (Å²) in [5, 5.41) is 5.60. The number of nitrogens with one attached hydrogen (secondary N) is 1. The van der Waals surface area contributed by atoms with Crippen LogP contribution in [0.2, 0.25) is 10.6 Å². The van der Waals surface area contributed by atoms with Crippen LogP contribution in [0.3, 0.4) is 0 Å². The highest BCUT2D eigenvalue weighted by molar-refractivity contribution is 6.34. The molecule has 0 bridgehead atoms. The molecule has 0 aromatic rings. The zero-order valence-electron chi connectivity index (χ0n) is 6.49. The van der Waals surface area contributed by atoms with Crippen molar-refractivity contribution in [3.8, 4) is 0 Å². The quantitative estimate of drug-likeness (QED) is 0.557. The fourth-order valence-corrected chi connectivity index (χ4v) is 0.866. The summed E-state index contributed by atoms with van der Waals surface area (Å²) in [6.45, 7) is 4.50. The summed E-state index contributed by atoms with van der Waals surface area (Å²) < 4.78 is 0. The summed E-state index contributed by atoms with van der Waals surface area (Å²) in [5.41, 5.74) is 0. The molecule has 0 saturated carbocycles. The largest absolute Gasteiger partial charge is 0.323 e. The van der Waals surface area contributed by atoms with Crippen molar-refractivity contribution in [2.24, 2.45) is 0 Å². The highest BCUT2D eigenvalue weighted by atomic mass is 27.1. The minimum Gasteiger partial charge on any atom is -0.323 e. The summed E-state index contributed by atoms with van der Waals surface area (Å²) in [5.74, 6) is 0.